The molecule has 0 spiro atoms. The molecule has 1 N–H and O–H groups in total. The molecule has 0 saturated carbocycles. The molecule has 0 aromatic heterocycles. The minimum absolute atomic E-state index is 0.157. The molecular weight excluding hydrogens is 526 g/mol. The van der Waals surface area contributed by atoms with Crippen molar-refractivity contribution in [1.82, 2.24) is 5.32 Å². The van der Waals surface area contributed by atoms with Gasteiger partial charge in [0, 0.05) is 6.42 Å². The third-order valence-corrected chi connectivity index (χ3v) is 8.93. The lowest BCUT2D eigenvalue weighted by atomic mass is 10.0. The lowest BCUT2D eigenvalue weighted by molar-refractivity contribution is -0.140. The Bertz CT molecular complexity index is 441. The van der Waals surface area contributed by atoms with Gasteiger partial charge in [0.15, 0.2) is 0 Å². The molecule has 0 amide bonds. The number of rotatable bonds is 35. The van der Waals surface area contributed by atoms with Crippen LogP contribution in [0.5, 0.6) is 0 Å². The molecule has 0 saturated heterocycles. The number of hydrogen-bond donors (Lipinski definition) is 1. The van der Waals surface area contributed by atoms with Gasteiger partial charge in [-0.15, -0.1) is 0 Å². The Morgan fingerprint density at radius 1 is 0.372 bits per heavy atom. The topological polar surface area (TPSA) is 38.3 Å². The quantitative estimate of drug-likeness (QED) is 0.0573. The summed E-state index contributed by atoms with van der Waals surface area (Å²) >= 11 is 0. The van der Waals surface area contributed by atoms with E-state index in [1.807, 2.05) is 0 Å². The minimum Gasteiger partial charge on any atom is -0.469 e. The number of carbonyl (C=O) groups excluding carboxylic acids is 1. The van der Waals surface area contributed by atoms with Crippen molar-refractivity contribution in [3.8, 4) is 0 Å². The van der Waals surface area contributed by atoms with Gasteiger partial charge in [0.1, 0.15) is 0 Å². The van der Waals surface area contributed by atoms with Crippen LogP contribution in [0, 0.1) is 0 Å². The van der Waals surface area contributed by atoms with Crippen LogP contribution in [0.3, 0.4) is 0 Å². The average molecular weight is 610 g/mol. The second-order valence-corrected chi connectivity index (χ2v) is 13.3. The molecule has 0 unspecified atom stereocenters. The number of ether oxygens (including phenoxy) is 1. The van der Waals surface area contributed by atoms with Gasteiger partial charge in [-0.2, -0.15) is 0 Å². The Balaban J connectivity index is 0. The summed E-state index contributed by atoms with van der Waals surface area (Å²) < 4.78 is 4.26. The van der Waals surface area contributed by atoms with E-state index in [-0.39, 0.29) is 5.97 Å². The Morgan fingerprint density at radius 3 is 0.744 bits per heavy atom. The molecule has 0 fully saturated rings. The smallest absolute Gasteiger partial charge is 0.305 e. The summed E-state index contributed by atoms with van der Waals surface area (Å²) in [5, 5.41) is 3.68. The van der Waals surface area contributed by atoms with E-state index < -0.39 is 0 Å². The Kier molecular flexibility index (Phi) is 45.1. The van der Waals surface area contributed by atoms with Crippen molar-refractivity contribution in [3.63, 3.8) is 0 Å². The summed E-state index contributed by atoms with van der Waals surface area (Å²) in [6, 6.07) is 0. The van der Waals surface area contributed by atoms with Crippen LogP contribution in [-0.2, 0) is 9.53 Å². The molecule has 0 aliphatic heterocycles. The highest BCUT2D eigenvalue weighted by Crippen LogP contribution is 2.15. The fourth-order valence-electron chi connectivity index (χ4n) is 5.87. The van der Waals surface area contributed by atoms with Crippen LogP contribution in [0.15, 0.2) is 0 Å². The summed E-state index contributed by atoms with van der Waals surface area (Å²) in [6.07, 6.45) is 47.2. The zero-order valence-corrected chi connectivity index (χ0v) is 30.6. The maximum absolute atomic E-state index is 9.96. The van der Waals surface area contributed by atoms with Gasteiger partial charge in [0.2, 0.25) is 0 Å². The number of hydrogen-bond acceptors (Lipinski definition) is 3. The molecular formula is C40H83NO2. The van der Waals surface area contributed by atoms with E-state index in [9.17, 15) is 4.79 Å². The highest BCUT2D eigenvalue weighted by Gasteiger charge is 1.97. The Morgan fingerprint density at radius 2 is 0.581 bits per heavy atom. The molecule has 3 nitrogen and oxygen atoms in total. The van der Waals surface area contributed by atoms with Crippen LogP contribution in [0.2, 0.25) is 0 Å². The van der Waals surface area contributed by atoms with Gasteiger partial charge < -0.3 is 10.1 Å². The fraction of sp³-hybridized carbons (Fsp3) is 0.975. The van der Waals surface area contributed by atoms with E-state index in [2.05, 4.69) is 23.9 Å². The fourth-order valence-corrected chi connectivity index (χ4v) is 5.87. The van der Waals surface area contributed by atoms with Crippen LogP contribution in [0.4, 0.5) is 0 Å². The largest absolute Gasteiger partial charge is 0.469 e. The first kappa shape index (κ1) is 44.6. The second-order valence-electron chi connectivity index (χ2n) is 13.3. The molecule has 0 atom stereocenters. The number of nitrogens with one attached hydrogen (secondary N) is 1. The summed E-state index contributed by atoms with van der Waals surface area (Å²) in [5.41, 5.74) is 0. The summed E-state index contributed by atoms with van der Waals surface area (Å²) in [7, 11) is 1.38. The summed E-state index contributed by atoms with van der Waals surface area (Å²) in [6.45, 7) is 8.86. The predicted molar refractivity (Wildman–Crippen MR) is 194 cm³/mol. The van der Waals surface area contributed by atoms with E-state index in [1.54, 1.807) is 6.92 Å². The van der Waals surface area contributed by atoms with E-state index in [0.29, 0.717) is 6.42 Å². The SMILES string of the molecule is CCC(=O)OC.CCCCCCCCCCCCCCCCCCNCCCCCCCCCCCCCCCCCC. The lowest BCUT2D eigenvalue weighted by Gasteiger charge is -2.06. The first-order valence-corrected chi connectivity index (χ1v) is 20.0. The number of esters is 1. The van der Waals surface area contributed by atoms with Crippen LogP contribution in [0.1, 0.15) is 233 Å². The van der Waals surface area contributed by atoms with Gasteiger partial charge in [-0.3, -0.25) is 4.79 Å². The average Bonchev–Trinajstić information content (AvgIpc) is 3.03. The first-order valence-electron chi connectivity index (χ1n) is 20.0. The minimum atomic E-state index is -0.157. The van der Waals surface area contributed by atoms with Crippen molar-refractivity contribution < 1.29 is 9.53 Å². The Hall–Kier alpha value is -0.570. The number of unbranched alkanes of at least 4 members (excludes halogenated alkanes) is 30. The van der Waals surface area contributed by atoms with Gasteiger partial charge in [-0.05, 0) is 25.9 Å². The third-order valence-electron chi connectivity index (χ3n) is 8.93. The molecule has 260 valence electrons. The molecule has 0 aliphatic rings. The Labute approximate surface area is 273 Å². The summed E-state index contributed by atoms with van der Waals surface area (Å²) in [4.78, 5) is 9.96. The van der Waals surface area contributed by atoms with Crippen molar-refractivity contribution in [2.24, 2.45) is 0 Å². The molecule has 0 radical (unpaired) electrons. The van der Waals surface area contributed by atoms with E-state index in [0.717, 1.165) is 0 Å². The van der Waals surface area contributed by atoms with Crippen molar-refractivity contribution in [3.05, 3.63) is 0 Å². The van der Waals surface area contributed by atoms with Crippen molar-refractivity contribution in [2.45, 2.75) is 233 Å². The van der Waals surface area contributed by atoms with Crippen molar-refractivity contribution >= 4 is 5.97 Å². The lowest BCUT2D eigenvalue weighted by Crippen LogP contribution is -2.16. The normalized spacial score (nSPS) is 11.0. The third kappa shape index (κ3) is 46.0. The van der Waals surface area contributed by atoms with Crippen LogP contribution in [-0.4, -0.2) is 26.2 Å². The van der Waals surface area contributed by atoms with Gasteiger partial charge in [0.05, 0.1) is 7.11 Å². The van der Waals surface area contributed by atoms with E-state index in [4.69, 9.17) is 0 Å². The maximum Gasteiger partial charge on any atom is 0.305 e. The molecule has 0 aromatic carbocycles. The van der Waals surface area contributed by atoms with Crippen LogP contribution in [0.25, 0.3) is 0 Å². The second kappa shape index (κ2) is 43.6. The summed E-state index contributed by atoms with van der Waals surface area (Å²) in [5.74, 6) is -0.157. The van der Waals surface area contributed by atoms with E-state index >= 15 is 0 Å². The van der Waals surface area contributed by atoms with Gasteiger partial charge in [-0.1, -0.05) is 213 Å². The van der Waals surface area contributed by atoms with E-state index in [1.165, 1.54) is 226 Å². The van der Waals surface area contributed by atoms with Gasteiger partial charge >= 0.3 is 5.97 Å². The predicted octanol–water partition coefficient (Wildman–Crippen LogP) is 13.7. The standard InChI is InChI=1S/C36H75N.C4H8O2/c1-3-5-7-9-11-13-15-17-19-21-23-25-27-29-31-33-35-37-36-34-32-30-28-26-24-22-20-18-16-14-12-10-8-6-4-2;1-3-4(5)6-2/h37H,3-36H2,1-2H3;3H2,1-2H3. The maximum atomic E-state index is 9.96. The number of carbonyl (C=O) groups is 1. The first-order chi connectivity index (χ1) is 21.2. The van der Waals surface area contributed by atoms with Gasteiger partial charge in [0.25, 0.3) is 0 Å². The van der Waals surface area contributed by atoms with Crippen molar-refractivity contribution in [2.75, 3.05) is 20.2 Å². The molecule has 0 bridgehead atoms. The molecule has 0 heterocycles. The molecule has 3 heteroatoms. The van der Waals surface area contributed by atoms with Crippen molar-refractivity contribution in [1.29, 1.82) is 0 Å². The highest BCUT2D eigenvalue weighted by molar-refractivity contribution is 5.68. The molecule has 0 aliphatic carbocycles. The molecule has 0 rings (SSSR count). The zero-order valence-electron chi connectivity index (χ0n) is 30.6. The van der Waals surface area contributed by atoms with Crippen LogP contribution < -0.4 is 5.32 Å². The van der Waals surface area contributed by atoms with Crippen LogP contribution >= 0.6 is 0 Å². The molecule has 0 aromatic rings. The van der Waals surface area contributed by atoms with Gasteiger partial charge in [-0.25, -0.2) is 0 Å². The number of methoxy groups -OCH3 is 1. The monoisotopic (exact) mass is 610 g/mol. The zero-order chi connectivity index (χ0) is 31.7. The molecule has 43 heavy (non-hydrogen) atoms. The highest BCUT2D eigenvalue weighted by atomic mass is 16.5.